The largest absolute Gasteiger partial charge is 0.379 e. The van der Waals surface area contributed by atoms with E-state index in [1.54, 1.807) is 6.20 Å². The smallest absolute Gasteiger partial charge is 0.254 e. The number of aromatic nitrogens is 2. The lowest BCUT2D eigenvalue weighted by Crippen LogP contribution is -2.35. The number of rotatable bonds is 7. The van der Waals surface area contributed by atoms with Crippen LogP contribution >= 0.6 is 0 Å². The van der Waals surface area contributed by atoms with Gasteiger partial charge in [-0.15, -0.1) is 0 Å². The first-order valence-electron chi connectivity index (χ1n) is 10.4. The minimum atomic E-state index is -0.481. The molecule has 3 fully saturated rings. The minimum Gasteiger partial charge on any atom is -0.379 e. The molecule has 4 N–H and O–H groups in total. The summed E-state index contributed by atoms with van der Waals surface area (Å²) in [7, 11) is 0. The second-order valence-corrected chi connectivity index (χ2v) is 8.45. The summed E-state index contributed by atoms with van der Waals surface area (Å²) in [5, 5.41) is 7.03. The molecule has 1 heterocycles. The Morgan fingerprint density at radius 3 is 2.59 bits per heavy atom. The van der Waals surface area contributed by atoms with Gasteiger partial charge < -0.3 is 21.1 Å². The molecule has 3 saturated carbocycles. The number of anilines is 2. The highest BCUT2D eigenvalue weighted by molar-refractivity contribution is 5.97. The maximum absolute atomic E-state index is 11.9. The Labute approximate surface area is 160 Å². The van der Waals surface area contributed by atoms with Crippen molar-refractivity contribution in [3.8, 4) is 0 Å². The molecule has 3 aliphatic rings. The van der Waals surface area contributed by atoms with Gasteiger partial charge in [-0.05, 0) is 70.6 Å². The van der Waals surface area contributed by atoms with Crippen LogP contribution in [0.15, 0.2) is 6.20 Å². The van der Waals surface area contributed by atoms with E-state index in [0.717, 1.165) is 51.0 Å². The zero-order valence-corrected chi connectivity index (χ0v) is 16.2. The Balaban J connectivity index is 1.45. The van der Waals surface area contributed by atoms with Gasteiger partial charge in [0, 0.05) is 24.4 Å². The molecular formula is C20H31N5O2. The molecule has 148 valence electrons. The maximum atomic E-state index is 11.9. The van der Waals surface area contributed by atoms with Gasteiger partial charge in [0.1, 0.15) is 5.82 Å². The highest BCUT2D eigenvalue weighted by Gasteiger charge is 2.45. The number of nitrogens with two attached hydrogens (primary N) is 1. The van der Waals surface area contributed by atoms with E-state index >= 15 is 0 Å². The SMILES string of the molecule is CCO[C@H]1CC[C@H](Nc2ncc(C(N)=O)c(NC34CCC(CC3)C4)n2)CC1. The molecule has 0 saturated heterocycles. The molecule has 7 heteroatoms. The highest BCUT2D eigenvalue weighted by atomic mass is 16.5. The lowest BCUT2D eigenvalue weighted by molar-refractivity contribution is 0.0346. The van der Waals surface area contributed by atoms with Gasteiger partial charge in [-0.1, -0.05) is 0 Å². The normalized spacial score (nSPS) is 32.4. The third-order valence-electron chi connectivity index (χ3n) is 6.59. The number of nitrogens with zero attached hydrogens (tertiary/aromatic N) is 2. The van der Waals surface area contributed by atoms with Crippen LogP contribution in [0.1, 0.15) is 75.1 Å². The molecule has 0 aliphatic heterocycles. The van der Waals surface area contributed by atoms with Crippen LogP contribution in [0.2, 0.25) is 0 Å². The van der Waals surface area contributed by atoms with E-state index in [-0.39, 0.29) is 5.54 Å². The molecule has 3 aliphatic carbocycles. The van der Waals surface area contributed by atoms with E-state index in [9.17, 15) is 4.79 Å². The molecule has 0 spiro atoms. The van der Waals surface area contributed by atoms with Crippen molar-refractivity contribution in [3.63, 3.8) is 0 Å². The van der Waals surface area contributed by atoms with E-state index in [2.05, 4.69) is 20.6 Å². The number of hydrogen-bond acceptors (Lipinski definition) is 6. The maximum Gasteiger partial charge on any atom is 0.254 e. The summed E-state index contributed by atoms with van der Waals surface area (Å²) in [5.41, 5.74) is 6.03. The first-order chi connectivity index (χ1) is 13.1. The number of ether oxygens (including phenoxy) is 1. The van der Waals surface area contributed by atoms with Crippen LogP contribution < -0.4 is 16.4 Å². The van der Waals surface area contributed by atoms with Gasteiger partial charge in [-0.3, -0.25) is 4.79 Å². The van der Waals surface area contributed by atoms with E-state index in [4.69, 9.17) is 10.5 Å². The highest BCUT2D eigenvalue weighted by Crippen LogP contribution is 2.49. The average molecular weight is 374 g/mol. The quantitative estimate of drug-likeness (QED) is 0.679. The first kappa shape index (κ1) is 18.5. The summed E-state index contributed by atoms with van der Waals surface area (Å²) in [4.78, 5) is 20.9. The molecule has 0 atom stereocenters. The monoisotopic (exact) mass is 373 g/mol. The minimum absolute atomic E-state index is 0.0794. The van der Waals surface area contributed by atoms with Gasteiger partial charge >= 0.3 is 0 Å². The van der Waals surface area contributed by atoms with E-state index < -0.39 is 5.91 Å². The fourth-order valence-electron chi connectivity index (χ4n) is 5.14. The van der Waals surface area contributed by atoms with E-state index in [1.165, 1.54) is 19.3 Å². The van der Waals surface area contributed by atoms with Crippen LogP contribution in [-0.2, 0) is 4.74 Å². The van der Waals surface area contributed by atoms with Crippen molar-refractivity contribution >= 4 is 17.7 Å². The van der Waals surface area contributed by atoms with Gasteiger partial charge in [0.05, 0.1) is 11.7 Å². The van der Waals surface area contributed by atoms with Crippen molar-refractivity contribution < 1.29 is 9.53 Å². The van der Waals surface area contributed by atoms with Crippen molar-refractivity contribution in [1.29, 1.82) is 0 Å². The summed E-state index contributed by atoms with van der Waals surface area (Å²) >= 11 is 0. The van der Waals surface area contributed by atoms with Crippen molar-refractivity contribution in [2.75, 3.05) is 17.2 Å². The van der Waals surface area contributed by atoms with Crippen molar-refractivity contribution in [2.24, 2.45) is 11.7 Å². The van der Waals surface area contributed by atoms with E-state index in [0.29, 0.717) is 29.5 Å². The Hall–Kier alpha value is -1.89. The number of fused-ring (bicyclic) bond motifs is 2. The lowest BCUT2D eigenvalue weighted by atomic mass is 9.93. The Bertz CT molecular complexity index is 679. The van der Waals surface area contributed by atoms with Crippen LogP contribution in [0.3, 0.4) is 0 Å². The third-order valence-corrected chi connectivity index (χ3v) is 6.59. The zero-order chi connectivity index (χ0) is 18.9. The van der Waals surface area contributed by atoms with Gasteiger partial charge in [-0.25, -0.2) is 4.98 Å². The topological polar surface area (TPSA) is 102 Å². The predicted molar refractivity (Wildman–Crippen MR) is 105 cm³/mol. The van der Waals surface area contributed by atoms with Crippen molar-refractivity contribution in [2.45, 2.75) is 82.4 Å². The summed E-state index contributed by atoms with van der Waals surface area (Å²) in [6.45, 7) is 2.82. The summed E-state index contributed by atoms with van der Waals surface area (Å²) in [6.07, 6.45) is 12.1. The van der Waals surface area contributed by atoms with Crippen molar-refractivity contribution in [1.82, 2.24) is 9.97 Å². The summed E-state index contributed by atoms with van der Waals surface area (Å²) in [5.74, 6) is 1.50. The number of amides is 1. The predicted octanol–water partition coefficient (Wildman–Crippen LogP) is 3.08. The van der Waals surface area contributed by atoms with Gasteiger partial charge in [0.25, 0.3) is 5.91 Å². The molecule has 1 aromatic rings. The number of carbonyl (C=O) groups is 1. The second-order valence-electron chi connectivity index (χ2n) is 8.45. The third kappa shape index (κ3) is 4.03. The molecule has 7 nitrogen and oxygen atoms in total. The molecule has 4 rings (SSSR count). The van der Waals surface area contributed by atoms with Gasteiger partial charge in [0.2, 0.25) is 5.95 Å². The Morgan fingerprint density at radius 2 is 2.00 bits per heavy atom. The van der Waals surface area contributed by atoms with Crippen LogP contribution in [0, 0.1) is 5.92 Å². The van der Waals surface area contributed by atoms with Crippen molar-refractivity contribution in [3.05, 3.63) is 11.8 Å². The Morgan fingerprint density at radius 1 is 1.26 bits per heavy atom. The number of nitrogens with one attached hydrogen (secondary N) is 2. The van der Waals surface area contributed by atoms with Crippen LogP contribution in [0.5, 0.6) is 0 Å². The molecule has 0 unspecified atom stereocenters. The molecular weight excluding hydrogens is 342 g/mol. The molecule has 0 radical (unpaired) electrons. The van der Waals surface area contributed by atoms with Gasteiger partial charge in [-0.2, -0.15) is 4.98 Å². The molecule has 2 bridgehead atoms. The average Bonchev–Trinajstić information content (AvgIpc) is 3.24. The standard InChI is InChI=1S/C20H31N5O2/c1-2-27-15-5-3-14(4-6-15)23-19-22-12-16(17(21)26)18(24-19)25-20-9-7-13(11-20)8-10-20/h12-15H,2-11H2,1H3,(H2,21,26)(H2,22,23,24,25)/t13?,14-,15-,20?. The number of hydrogen-bond donors (Lipinski definition) is 3. The zero-order valence-electron chi connectivity index (χ0n) is 16.2. The summed E-state index contributed by atoms with van der Waals surface area (Å²) < 4.78 is 5.72. The van der Waals surface area contributed by atoms with Crippen LogP contribution in [0.25, 0.3) is 0 Å². The lowest BCUT2D eigenvalue weighted by Gasteiger charge is -2.30. The second kappa shape index (κ2) is 7.62. The summed E-state index contributed by atoms with van der Waals surface area (Å²) in [6, 6.07) is 0.342. The van der Waals surface area contributed by atoms with Crippen LogP contribution in [-0.4, -0.2) is 40.2 Å². The molecule has 27 heavy (non-hydrogen) atoms. The molecule has 1 amide bonds. The van der Waals surface area contributed by atoms with Gasteiger partial charge in [0.15, 0.2) is 0 Å². The van der Waals surface area contributed by atoms with E-state index in [1.807, 2.05) is 6.92 Å². The number of primary amides is 1. The number of carbonyl (C=O) groups excluding carboxylic acids is 1. The molecule has 1 aromatic heterocycles. The fourth-order valence-corrected chi connectivity index (χ4v) is 5.14. The molecule has 0 aromatic carbocycles. The Kier molecular flexibility index (Phi) is 5.21. The first-order valence-corrected chi connectivity index (χ1v) is 10.4. The van der Waals surface area contributed by atoms with Crippen LogP contribution in [0.4, 0.5) is 11.8 Å². The fraction of sp³-hybridized carbons (Fsp3) is 0.750.